The number of nitrogens with one attached hydrogen (secondary N) is 1. The number of aromatic nitrogens is 3. The van der Waals surface area contributed by atoms with Gasteiger partial charge in [-0.05, 0) is 42.8 Å². The third-order valence-electron chi connectivity index (χ3n) is 3.70. The van der Waals surface area contributed by atoms with Crippen LogP contribution in [0.15, 0.2) is 60.0 Å². The molecule has 26 heavy (non-hydrogen) atoms. The Kier molecular flexibility index (Phi) is 5.33. The lowest BCUT2D eigenvalue weighted by Crippen LogP contribution is -2.19. The number of hydrogen-bond donors (Lipinski definition) is 2. The zero-order valence-electron chi connectivity index (χ0n) is 14.0. The van der Waals surface area contributed by atoms with Gasteiger partial charge in [0.05, 0.1) is 11.4 Å². The summed E-state index contributed by atoms with van der Waals surface area (Å²) in [6.45, 7) is 2.01. The van der Waals surface area contributed by atoms with Crippen LogP contribution in [0.1, 0.15) is 15.9 Å². The van der Waals surface area contributed by atoms with Gasteiger partial charge in [0.15, 0.2) is 10.9 Å². The van der Waals surface area contributed by atoms with Crippen LogP contribution in [0, 0.1) is 6.92 Å². The number of ketones is 1. The second-order valence-electron chi connectivity index (χ2n) is 5.55. The van der Waals surface area contributed by atoms with Crippen molar-refractivity contribution in [1.29, 1.82) is 0 Å². The zero-order valence-corrected chi connectivity index (χ0v) is 14.9. The van der Waals surface area contributed by atoms with Crippen LogP contribution in [0.5, 0.6) is 0 Å². The molecule has 2 aromatic carbocycles. The number of thioether (sulfide) groups is 1. The molecule has 0 aliphatic carbocycles. The molecule has 0 spiro atoms. The summed E-state index contributed by atoms with van der Waals surface area (Å²) in [6.07, 6.45) is 1.64. The predicted octanol–water partition coefficient (Wildman–Crippen LogP) is 3.04. The van der Waals surface area contributed by atoms with Crippen molar-refractivity contribution in [2.75, 3.05) is 11.1 Å². The molecule has 7 nitrogen and oxygen atoms in total. The van der Waals surface area contributed by atoms with E-state index in [1.54, 1.807) is 30.6 Å². The molecule has 3 rings (SSSR count). The molecule has 0 fully saturated rings. The number of urea groups is 1. The fourth-order valence-electron chi connectivity index (χ4n) is 2.42. The molecule has 1 heterocycles. The molecule has 0 saturated carbocycles. The lowest BCUT2D eigenvalue weighted by Gasteiger charge is -2.09. The van der Waals surface area contributed by atoms with Gasteiger partial charge in [0, 0.05) is 11.3 Å². The average molecular weight is 367 g/mol. The Labute approximate surface area is 154 Å². The molecule has 0 unspecified atom stereocenters. The van der Waals surface area contributed by atoms with Crippen molar-refractivity contribution in [3.8, 4) is 5.69 Å². The maximum atomic E-state index is 12.4. The molecular formula is C18H17N5O2S. The molecule has 0 atom stereocenters. The van der Waals surface area contributed by atoms with Crippen molar-refractivity contribution in [3.63, 3.8) is 0 Å². The first kappa shape index (κ1) is 17.7. The summed E-state index contributed by atoms with van der Waals surface area (Å²) in [7, 11) is 0. The summed E-state index contributed by atoms with van der Waals surface area (Å²) in [5, 5.41) is 11.2. The van der Waals surface area contributed by atoms with Crippen LogP contribution >= 0.6 is 11.8 Å². The molecule has 3 aromatic rings. The van der Waals surface area contributed by atoms with E-state index in [1.807, 2.05) is 35.8 Å². The number of nitrogens with two attached hydrogens (primary N) is 1. The highest BCUT2D eigenvalue weighted by atomic mass is 32.2. The van der Waals surface area contributed by atoms with Crippen LogP contribution in [0.2, 0.25) is 0 Å². The van der Waals surface area contributed by atoms with E-state index in [1.165, 1.54) is 11.8 Å². The summed E-state index contributed by atoms with van der Waals surface area (Å²) in [5.74, 6) is 0.188. The van der Waals surface area contributed by atoms with E-state index in [-0.39, 0.29) is 11.5 Å². The van der Waals surface area contributed by atoms with Gasteiger partial charge in [0.25, 0.3) is 0 Å². The minimum absolute atomic E-state index is 0.0417. The Morgan fingerprint density at radius 3 is 2.58 bits per heavy atom. The van der Waals surface area contributed by atoms with Gasteiger partial charge < -0.3 is 11.1 Å². The molecule has 0 radical (unpaired) electrons. The zero-order chi connectivity index (χ0) is 18.5. The number of aryl methyl sites for hydroxylation is 1. The van der Waals surface area contributed by atoms with Gasteiger partial charge in [0.2, 0.25) is 0 Å². The Balaban J connectivity index is 1.68. The number of benzene rings is 2. The second kappa shape index (κ2) is 7.83. The van der Waals surface area contributed by atoms with E-state index in [0.717, 1.165) is 11.3 Å². The number of hydrogen-bond acceptors (Lipinski definition) is 5. The van der Waals surface area contributed by atoms with E-state index < -0.39 is 6.03 Å². The van der Waals surface area contributed by atoms with Gasteiger partial charge in [0.1, 0.15) is 6.33 Å². The Hall–Kier alpha value is -3.13. The normalized spacial score (nSPS) is 10.5. The third-order valence-corrected chi connectivity index (χ3v) is 4.64. The number of para-hydroxylation sites is 1. The highest BCUT2D eigenvalue weighted by molar-refractivity contribution is 7.99. The summed E-state index contributed by atoms with van der Waals surface area (Å²) < 4.78 is 1.87. The van der Waals surface area contributed by atoms with Gasteiger partial charge in [-0.2, -0.15) is 0 Å². The molecule has 0 bridgehead atoms. The van der Waals surface area contributed by atoms with Crippen LogP contribution in [-0.2, 0) is 0 Å². The van der Waals surface area contributed by atoms with E-state index in [2.05, 4.69) is 15.5 Å². The molecule has 0 saturated heterocycles. The first-order valence-corrected chi connectivity index (χ1v) is 8.81. The van der Waals surface area contributed by atoms with E-state index in [9.17, 15) is 9.59 Å². The van der Waals surface area contributed by atoms with Crippen LogP contribution in [-0.4, -0.2) is 32.3 Å². The quantitative estimate of drug-likeness (QED) is 0.515. The maximum Gasteiger partial charge on any atom is 0.316 e. The van der Waals surface area contributed by atoms with Crippen LogP contribution < -0.4 is 11.1 Å². The highest BCUT2D eigenvalue weighted by Crippen LogP contribution is 2.22. The van der Waals surface area contributed by atoms with Gasteiger partial charge in [-0.25, -0.2) is 4.79 Å². The first-order chi connectivity index (χ1) is 12.5. The minimum Gasteiger partial charge on any atom is -0.351 e. The van der Waals surface area contributed by atoms with E-state index in [0.29, 0.717) is 16.4 Å². The van der Waals surface area contributed by atoms with Crippen molar-refractivity contribution >= 4 is 29.3 Å². The number of amides is 2. The number of rotatable bonds is 6. The van der Waals surface area contributed by atoms with Crippen molar-refractivity contribution in [2.24, 2.45) is 5.73 Å². The second-order valence-corrected chi connectivity index (χ2v) is 6.49. The Bertz CT molecular complexity index is 937. The number of anilines is 1. The van der Waals surface area contributed by atoms with Gasteiger partial charge in [-0.1, -0.05) is 30.0 Å². The molecule has 2 amide bonds. The lowest BCUT2D eigenvalue weighted by molar-refractivity contribution is 0.102. The van der Waals surface area contributed by atoms with Gasteiger partial charge in [-0.15, -0.1) is 10.2 Å². The number of carbonyl (C=O) groups is 2. The highest BCUT2D eigenvalue weighted by Gasteiger charge is 2.12. The SMILES string of the molecule is Cc1ccccc1-n1cnnc1SCC(=O)c1ccc(NC(N)=O)cc1. The molecule has 8 heteroatoms. The summed E-state index contributed by atoms with van der Waals surface area (Å²) in [6, 6.07) is 13.8. The number of Topliss-reactive ketones (excluding diaryl/α,β-unsaturated/α-hetero) is 1. The van der Waals surface area contributed by atoms with Crippen molar-refractivity contribution < 1.29 is 9.59 Å². The van der Waals surface area contributed by atoms with Crippen molar-refractivity contribution in [1.82, 2.24) is 14.8 Å². The van der Waals surface area contributed by atoms with Crippen LogP contribution in [0.3, 0.4) is 0 Å². The Morgan fingerprint density at radius 2 is 1.88 bits per heavy atom. The molecule has 0 aliphatic rings. The smallest absolute Gasteiger partial charge is 0.316 e. The fraction of sp³-hybridized carbons (Fsp3) is 0.111. The molecule has 1 aromatic heterocycles. The molecule has 132 valence electrons. The minimum atomic E-state index is -0.643. The molecule has 0 aliphatic heterocycles. The standard InChI is InChI=1S/C18H17N5O2S/c1-12-4-2-3-5-15(12)23-11-20-22-18(23)26-10-16(24)13-6-8-14(9-7-13)21-17(19)25/h2-9,11H,10H2,1H3,(H3,19,21,25). The number of primary amides is 1. The van der Waals surface area contributed by atoms with Crippen molar-refractivity contribution in [2.45, 2.75) is 12.1 Å². The first-order valence-electron chi connectivity index (χ1n) is 7.83. The fourth-order valence-corrected chi connectivity index (χ4v) is 3.23. The van der Waals surface area contributed by atoms with Gasteiger partial charge in [-0.3, -0.25) is 9.36 Å². The third kappa shape index (κ3) is 4.09. The van der Waals surface area contributed by atoms with E-state index >= 15 is 0 Å². The average Bonchev–Trinajstić information content (AvgIpc) is 3.08. The topological polar surface area (TPSA) is 103 Å². The monoisotopic (exact) mass is 367 g/mol. The van der Waals surface area contributed by atoms with Crippen molar-refractivity contribution in [3.05, 3.63) is 66.0 Å². The predicted molar refractivity (Wildman–Crippen MR) is 101 cm³/mol. The summed E-state index contributed by atoms with van der Waals surface area (Å²) in [5.41, 5.74) is 8.23. The number of carbonyl (C=O) groups excluding carboxylic acids is 2. The Morgan fingerprint density at radius 1 is 1.15 bits per heavy atom. The number of nitrogens with zero attached hydrogens (tertiary/aromatic N) is 3. The summed E-state index contributed by atoms with van der Waals surface area (Å²) >= 11 is 1.33. The largest absolute Gasteiger partial charge is 0.351 e. The molecular weight excluding hydrogens is 350 g/mol. The molecule has 3 N–H and O–H groups in total. The van der Waals surface area contributed by atoms with Crippen LogP contribution in [0.25, 0.3) is 5.69 Å². The summed E-state index contributed by atoms with van der Waals surface area (Å²) in [4.78, 5) is 23.2. The lowest BCUT2D eigenvalue weighted by atomic mass is 10.1. The van der Waals surface area contributed by atoms with Gasteiger partial charge >= 0.3 is 6.03 Å². The van der Waals surface area contributed by atoms with Crippen LogP contribution in [0.4, 0.5) is 10.5 Å². The maximum absolute atomic E-state index is 12.4. The van der Waals surface area contributed by atoms with E-state index in [4.69, 9.17) is 5.73 Å².